The monoisotopic (exact) mass is 218 g/mol. The Morgan fingerprint density at radius 1 is 1.29 bits per heavy atom. The average molecular weight is 218 g/mol. The fraction of sp³-hybridized carbons (Fsp3) is 0.750. The van der Waals surface area contributed by atoms with Crippen LogP contribution in [0.2, 0.25) is 0 Å². The second-order valence-electron chi connectivity index (χ2n) is 3.09. The average Bonchev–Trinajstić information content (AvgIpc) is 2.00. The van der Waals surface area contributed by atoms with Crippen LogP contribution in [0.25, 0.3) is 0 Å². The van der Waals surface area contributed by atoms with Crippen molar-refractivity contribution >= 4 is 11.9 Å². The number of rotatable bonds is 4. The molecule has 0 aliphatic carbocycles. The van der Waals surface area contributed by atoms with Gasteiger partial charge in [-0.3, -0.25) is 0 Å². The molecule has 1 unspecified atom stereocenters. The Balaban J connectivity index is -0.000000605. The Bertz CT molecular complexity index is 194. The van der Waals surface area contributed by atoms with Crippen molar-refractivity contribution in [3.8, 4) is 0 Å². The molecule has 6 heteroatoms. The van der Waals surface area contributed by atoms with Crippen LogP contribution in [-0.4, -0.2) is 11.9 Å². The summed E-state index contributed by atoms with van der Waals surface area (Å²) in [5.74, 6) is -3.67. The van der Waals surface area contributed by atoms with Gasteiger partial charge in [-0.25, -0.2) is 0 Å². The number of aliphatic carboxylic acids is 2. The number of carbonyl (C=O) groups excluding carboxylic acids is 2. The molecule has 14 heavy (non-hydrogen) atoms. The zero-order valence-corrected chi connectivity index (χ0v) is 12.5. The van der Waals surface area contributed by atoms with Crippen molar-refractivity contribution in [1.29, 1.82) is 0 Å². The summed E-state index contributed by atoms with van der Waals surface area (Å²) in [4.78, 5) is 21.1. The Morgan fingerprint density at radius 2 is 1.57 bits per heavy atom. The molecule has 0 aliphatic rings. The van der Waals surface area contributed by atoms with Crippen LogP contribution < -0.4 is 80.5 Å². The minimum atomic E-state index is -1.88. The second-order valence-corrected chi connectivity index (χ2v) is 3.09. The van der Waals surface area contributed by atoms with Crippen molar-refractivity contribution in [1.82, 2.24) is 0 Å². The molecule has 4 nitrogen and oxygen atoms in total. The maximum absolute atomic E-state index is 10.5. The fourth-order valence-electron chi connectivity index (χ4n) is 0.894. The van der Waals surface area contributed by atoms with Crippen LogP contribution in [-0.2, 0) is 9.59 Å². The molecule has 70 valence electrons. The summed E-state index contributed by atoms with van der Waals surface area (Å²) in [5.41, 5.74) is -1.88. The summed E-state index contributed by atoms with van der Waals surface area (Å²) < 4.78 is 0. The molecule has 0 aromatic heterocycles. The number of carboxylic acids is 2. The second kappa shape index (κ2) is 8.34. The van der Waals surface area contributed by atoms with Gasteiger partial charge in [-0.05, 0) is 12.8 Å². The van der Waals surface area contributed by atoms with Gasteiger partial charge in [0.1, 0.15) is 0 Å². The predicted octanol–water partition coefficient (Wildman–Crippen LogP) is -7.45. The van der Waals surface area contributed by atoms with E-state index in [1.54, 1.807) is 13.8 Å². The van der Waals surface area contributed by atoms with Crippen LogP contribution in [0.5, 0.6) is 0 Å². The van der Waals surface area contributed by atoms with E-state index in [2.05, 4.69) is 0 Å². The first-order valence-electron chi connectivity index (χ1n) is 3.80. The third-order valence-electron chi connectivity index (χ3n) is 2.45. The summed E-state index contributed by atoms with van der Waals surface area (Å²) in [6.07, 6.45) is 0.457. The Morgan fingerprint density at radius 3 is 1.64 bits per heavy atom. The van der Waals surface area contributed by atoms with Crippen LogP contribution in [0.4, 0.5) is 0 Å². The van der Waals surface area contributed by atoms with E-state index in [1.807, 2.05) is 0 Å². The molecule has 0 aromatic carbocycles. The van der Waals surface area contributed by atoms with Crippen LogP contribution in [0, 0.1) is 11.3 Å². The largest absolute Gasteiger partial charge is 1.00 e. The number of carboxylic acid groups (broad SMARTS) is 2. The van der Waals surface area contributed by atoms with Crippen LogP contribution >= 0.6 is 0 Å². The third-order valence-corrected chi connectivity index (χ3v) is 2.45. The zero-order chi connectivity index (χ0) is 9.94. The molecular weight excluding hydrogens is 206 g/mol. The van der Waals surface area contributed by atoms with E-state index in [4.69, 9.17) is 0 Å². The van der Waals surface area contributed by atoms with Gasteiger partial charge in [-0.2, -0.15) is 0 Å². The Kier molecular flexibility index (Phi) is 12.3. The molecule has 0 aliphatic heterocycles. The van der Waals surface area contributed by atoms with Gasteiger partial charge in [0.05, 0.1) is 11.9 Å². The first kappa shape index (κ1) is 20.6. The van der Waals surface area contributed by atoms with Gasteiger partial charge in [0, 0.05) is 5.41 Å². The van der Waals surface area contributed by atoms with Crippen LogP contribution in [0.15, 0.2) is 0 Å². The summed E-state index contributed by atoms with van der Waals surface area (Å²) >= 11 is 0. The van der Waals surface area contributed by atoms with E-state index < -0.39 is 23.3 Å². The predicted molar refractivity (Wildman–Crippen MR) is 37.6 cm³/mol. The van der Waals surface area contributed by atoms with Gasteiger partial charge in [0.2, 0.25) is 0 Å². The van der Waals surface area contributed by atoms with E-state index in [1.165, 1.54) is 0 Å². The van der Waals surface area contributed by atoms with Gasteiger partial charge < -0.3 is 19.8 Å². The molecule has 0 rings (SSSR count). The molecule has 0 spiro atoms. The van der Waals surface area contributed by atoms with Crippen molar-refractivity contribution in [3.63, 3.8) is 0 Å². The maximum Gasteiger partial charge on any atom is 1.00 e. The minimum absolute atomic E-state index is 0. The molecule has 0 N–H and O–H groups in total. The van der Waals surface area contributed by atoms with Crippen molar-refractivity contribution in [2.75, 3.05) is 0 Å². The van der Waals surface area contributed by atoms with Crippen molar-refractivity contribution in [3.05, 3.63) is 0 Å². The van der Waals surface area contributed by atoms with E-state index in [9.17, 15) is 19.8 Å². The molecule has 0 saturated carbocycles. The molecule has 0 bridgehead atoms. The Hall–Kier alpha value is 1.17. The van der Waals surface area contributed by atoms with Gasteiger partial charge >= 0.3 is 70.2 Å². The number of hydrogen-bond donors (Lipinski definition) is 0. The van der Waals surface area contributed by atoms with E-state index in [0.29, 0.717) is 6.42 Å². The molecular formula is C8H12KLiO4. The minimum Gasteiger partial charge on any atom is -0.549 e. The van der Waals surface area contributed by atoms with Gasteiger partial charge in [0.25, 0.3) is 0 Å². The van der Waals surface area contributed by atoms with Gasteiger partial charge in [-0.1, -0.05) is 20.3 Å². The van der Waals surface area contributed by atoms with Crippen molar-refractivity contribution < 1.29 is 90.0 Å². The van der Waals surface area contributed by atoms with Crippen LogP contribution in [0.3, 0.4) is 0 Å². The molecule has 1 atom stereocenters. The number of carbonyl (C=O) groups is 2. The molecule has 0 aromatic rings. The zero-order valence-electron chi connectivity index (χ0n) is 9.42. The van der Waals surface area contributed by atoms with Gasteiger partial charge in [-0.15, -0.1) is 0 Å². The van der Waals surface area contributed by atoms with Crippen molar-refractivity contribution in [2.45, 2.75) is 27.2 Å². The maximum atomic E-state index is 10.5. The summed E-state index contributed by atoms with van der Waals surface area (Å²) in [7, 11) is 0. The standard InChI is InChI=1S/C8H14O4.K.Li/c1-4-5(2)8(3,6(9)10)7(11)12;;/h5H,4H2,1-3H3,(H,9,10)(H,11,12);;/q;2*+1/p-2. The molecule has 0 saturated heterocycles. The molecule has 0 heterocycles. The number of hydrogen-bond acceptors (Lipinski definition) is 4. The molecule has 0 amide bonds. The molecule has 0 fully saturated rings. The summed E-state index contributed by atoms with van der Waals surface area (Å²) in [5, 5.41) is 21.1. The third kappa shape index (κ3) is 4.35. The normalized spacial score (nSPS) is 11.9. The van der Waals surface area contributed by atoms with E-state index >= 15 is 0 Å². The van der Waals surface area contributed by atoms with E-state index in [0.717, 1.165) is 6.92 Å². The fourth-order valence-corrected chi connectivity index (χ4v) is 0.894. The summed E-state index contributed by atoms with van der Waals surface area (Å²) in [6.45, 7) is 4.38. The van der Waals surface area contributed by atoms with Crippen LogP contribution in [0.1, 0.15) is 27.2 Å². The van der Waals surface area contributed by atoms with E-state index in [-0.39, 0.29) is 70.2 Å². The van der Waals surface area contributed by atoms with Crippen molar-refractivity contribution in [2.24, 2.45) is 11.3 Å². The summed E-state index contributed by atoms with van der Waals surface area (Å²) in [6, 6.07) is 0. The molecule has 0 radical (unpaired) electrons. The smallest absolute Gasteiger partial charge is 0.549 e. The quantitative estimate of drug-likeness (QED) is 0.347. The SMILES string of the molecule is CCC(C)C(C)(C(=O)[O-])C(=O)[O-].[K+].[Li+]. The topological polar surface area (TPSA) is 80.3 Å². The first-order valence-corrected chi connectivity index (χ1v) is 3.80. The first-order chi connectivity index (χ1) is 5.37. The Labute approximate surface area is 138 Å². The van der Waals surface area contributed by atoms with Gasteiger partial charge in [0.15, 0.2) is 0 Å².